The van der Waals surface area contributed by atoms with Crippen LogP contribution in [-0.4, -0.2) is 51.6 Å². The third-order valence-electron chi connectivity index (χ3n) is 4.83. The highest BCUT2D eigenvalue weighted by Gasteiger charge is 2.43. The van der Waals surface area contributed by atoms with E-state index < -0.39 is 37.1 Å². The van der Waals surface area contributed by atoms with Gasteiger partial charge in [0.2, 0.25) is 6.29 Å². The summed E-state index contributed by atoms with van der Waals surface area (Å²) in [5.41, 5.74) is 2.57. The zero-order valence-electron chi connectivity index (χ0n) is 14.7. The number of phenols is 1. The second kappa shape index (κ2) is 7.63. The van der Waals surface area contributed by atoms with Gasteiger partial charge in [0.25, 0.3) is 0 Å². The van der Waals surface area contributed by atoms with Crippen LogP contribution in [0, 0.1) is 12.8 Å². The Hall–Kier alpha value is -2.12. The Kier molecular flexibility index (Phi) is 5.48. The van der Waals surface area contributed by atoms with Crippen molar-refractivity contribution in [3.05, 3.63) is 48.0 Å². The number of para-hydroxylation sites is 1. The molecule has 2 aromatic rings. The fourth-order valence-corrected chi connectivity index (χ4v) is 3.17. The molecule has 1 aliphatic heterocycles. The maximum Gasteiger partial charge on any atom is 0.205 e. The van der Waals surface area contributed by atoms with E-state index >= 15 is 0 Å². The molecule has 0 aromatic heterocycles. The van der Waals surface area contributed by atoms with E-state index in [1.807, 2.05) is 31.2 Å². The molecule has 4 N–H and O–H groups in total. The molecule has 0 radical (unpaired) electrons. The number of hydrogen-bond acceptors (Lipinski definition) is 6. The second-order valence-corrected chi connectivity index (χ2v) is 6.68. The highest BCUT2D eigenvalue weighted by Crippen LogP contribution is 2.36. The van der Waals surface area contributed by atoms with Gasteiger partial charge in [0, 0.05) is 11.5 Å². The summed E-state index contributed by atoms with van der Waals surface area (Å²) in [6.45, 7) is 3.24. The van der Waals surface area contributed by atoms with Gasteiger partial charge in [-0.2, -0.15) is 0 Å². The Balaban J connectivity index is 1.92. The van der Waals surface area contributed by atoms with Crippen molar-refractivity contribution in [3.63, 3.8) is 0 Å². The fourth-order valence-electron chi connectivity index (χ4n) is 3.17. The number of aromatic hydroxyl groups is 1. The lowest BCUT2D eigenvalue weighted by atomic mass is 9.92. The van der Waals surface area contributed by atoms with Crippen LogP contribution in [0.4, 0.5) is 0 Å². The van der Waals surface area contributed by atoms with Crippen molar-refractivity contribution < 1.29 is 29.9 Å². The predicted molar refractivity (Wildman–Crippen MR) is 95.8 cm³/mol. The van der Waals surface area contributed by atoms with Crippen LogP contribution in [0.1, 0.15) is 12.5 Å². The topological polar surface area (TPSA) is 99.4 Å². The van der Waals surface area contributed by atoms with Gasteiger partial charge in [0.1, 0.15) is 23.7 Å². The van der Waals surface area contributed by atoms with Gasteiger partial charge >= 0.3 is 0 Å². The molecule has 1 aliphatic rings. The molecular formula is C20H24O6. The number of phenolic OH excluding ortho intramolecular Hbond substituents is 1. The molecule has 0 aliphatic carbocycles. The summed E-state index contributed by atoms with van der Waals surface area (Å²) >= 11 is 0. The first-order valence-corrected chi connectivity index (χ1v) is 8.60. The summed E-state index contributed by atoms with van der Waals surface area (Å²) in [6.07, 6.45) is -3.98. The lowest BCUT2D eigenvalue weighted by Gasteiger charge is -2.40. The molecule has 0 saturated carbocycles. The van der Waals surface area contributed by atoms with Crippen LogP contribution >= 0.6 is 0 Å². The maximum atomic E-state index is 10.2. The lowest BCUT2D eigenvalue weighted by molar-refractivity contribution is -0.256. The van der Waals surface area contributed by atoms with Gasteiger partial charge < -0.3 is 29.9 Å². The van der Waals surface area contributed by atoms with Crippen LogP contribution in [0.5, 0.6) is 11.5 Å². The van der Waals surface area contributed by atoms with E-state index in [4.69, 9.17) is 9.47 Å². The number of hydrogen-bond donors (Lipinski definition) is 4. The van der Waals surface area contributed by atoms with Crippen LogP contribution < -0.4 is 4.74 Å². The molecule has 140 valence electrons. The molecule has 1 fully saturated rings. The third-order valence-corrected chi connectivity index (χ3v) is 4.83. The van der Waals surface area contributed by atoms with Crippen molar-refractivity contribution in [2.75, 3.05) is 6.61 Å². The number of ether oxygens (including phenoxy) is 2. The molecule has 3 rings (SSSR count). The van der Waals surface area contributed by atoms with Crippen molar-refractivity contribution in [1.29, 1.82) is 0 Å². The Morgan fingerprint density at radius 3 is 2.50 bits per heavy atom. The van der Waals surface area contributed by atoms with Gasteiger partial charge in [0.15, 0.2) is 0 Å². The largest absolute Gasteiger partial charge is 0.508 e. The summed E-state index contributed by atoms with van der Waals surface area (Å²) in [6, 6.07) is 12.4. The summed E-state index contributed by atoms with van der Waals surface area (Å²) in [7, 11) is 0. The van der Waals surface area contributed by atoms with E-state index in [2.05, 4.69) is 0 Å². The average molecular weight is 360 g/mol. The lowest BCUT2D eigenvalue weighted by Crippen LogP contribution is -2.56. The summed E-state index contributed by atoms with van der Waals surface area (Å²) in [4.78, 5) is 0. The smallest absolute Gasteiger partial charge is 0.205 e. The fraction of sp³-hybridized carbons (Fsp3) is 0.400. The summed E-state index contributed by atoms with van der Waals surface area (Å²) < 4.78 is 11.7. The summed E-state index contributed by atoms with van der Waals surface area (Å²) in [5.74, 6) is 0.186. The first kappa shape index (κ1) is 18.7. The Morgan fingerprint density at radius 2 is 1.77 bits per heavy atom. The average Bonchev–Trinajstić information content (AvgIpc) is 2.64. The molecule has 1 saturated heterocycles. The van der Waals surface area contributed by atoms with Gasteiger partial charge in [-0.3, -0.25) is 0 Å². The second-order valence-electron chi connectivity index (χ2n) is 6.68. The van der Waals surface area contributed by atoms with Gasteiger partial charge in [-0.1, -0.05) is 31.2 Å². The number of rotatable bonds is 4. The first-order valence-electron chi connectivity index (χ1n) is 8.60. The highest BCUT2D eigenvalue weighted by atomic mass is 16.7. The van der Waals surface area contributed by atoms with E-state index in [0.29, 0.717) is 5.75 Å². The number of aliphatic hydroxyl groups excluding tert-OH is 3. The van der Waals surface area contributed by atoms with E-state index in [0.717, 1.165) is 16.7 Å². The minimum absolute atomic E-state index is 0.154. The van der Waals surface area contributed by atoms with E-state index in [-0.39, 0.29) is 5.75 Å². The predicted octanol–water partition coefficient (Wildman–Crippen LogP) is 1.82. The van der Waals surface area contributed by atoms with Crippen molar-refractivity contribution in [3.8, 4) is 22.6 Å². The van der Waals surface area contributed by atoms with Crippen LogP contribution in [0.15, 0.2) is 42.5 Å². The molecule has 0 spiro atoms. The maximum absolute atomic E-state index is 10.2. The SMILES string of the molecule is Cc1ccc(O)cc1-c1ccccc1O[C@@H]1OC(CO)[C@H](O)[C@H](O)C1C. The molecule has 26 heavy (non-hydrogen) atoms. The normalized spacial score (nSPS) is 28.7. The summed E-state index contributed by atoms with van der Waals surface area (Å²) in [5, 5.41) is 39.4. The van der Waals surface area contributed by atoms with Crippen molar-refractivity contribution >= 4 is 0 Å². The zero-order valence-corrected chi connectivity index (χ0v) is 14.7. The number of benzene rings is 2. The van der Waals surface area contributed by atoms with Crippen molar-refractivity contribution in [2.45, 2.75) is 38.4 Å². The molecule has 0 amide bonds. The van der Waals surface area contributed by atoms with Gasteiger partial charge in [-0.05, 0) is 36.2 Å². The molecule has 0 bridgehead atoms. The van der Waals surface area contributed by atoms with Gasteiger partial charge in [0.05, 0.1) is 12.7 Å². The Bertz CT molecular complexity index is 760. The number of aliphatic hydroxyl groups is 3. The van der Waals surface area contributed by atoms with E-state index in [1.165, 1.54) is 0 Å². The molecule has 6 nitrogen and oxygen atoms in total. The minimum atomic E-state index is -1.17. The van der Waals surface area contributed by atoms with Crippen molar-refractivity contribution in [1.82, 2.24) is 0 Å². The zero-order chi connectivity index (χ0) is 18.8. The molecule has 6 heteroatoms. The quantitative estimate of drug-likeness (QED) is 0.664. The van der Waals surface area contributed by atoms with E-state index in [1.54, 1.807) is 25.1 Å². The molecular weight excluding hydrogens is 336 g/mol. The third kappa shape index (κ3) is 3.54. The standard InChI is InChI=1S/C20H24O6/c1-11-7-8-13(22)9-15(11)14-5-3-4-6-16(14)25-20-12(2)18(23)19(24)17(10-21)26-20/h3-9,12,17-24H,10H2,1-2H3/t12?,17?,18-,19+,20-/m1/s1. The Morgan fingerprint density at radius 1 is 1.04 bits per heavy atom. The highest BCUT2D eigenvalue weighted by molar-refractivity contribution is 5.74. The van der Waals surface area contributed by atoms with Crippen LogP contribution in [0.3, 0.4) is 0 Å². The van der Waals surface area contributed by atoms with Crippen LogP contribution in [-0.2, 0) is 4.74 Å². The van der Waals surface area contributed by atoms with E-state index in [9.17, 15) is 20.4 Å². The monoisotopic (exact) mass is 360 g/mol. The van der Waals surface area contributed by atoms with Crippen LogP contribution in [0.25, 0.3) is 11.1 Å². The van der Waals surface area contributed by atoms with Gasteiger partial charge in [-0.25, -0.2) is 0 Å². The first-order chi connectivity index (χ1) is 12.4. The molecule has 5 atom stereocenters. The minimum Gasteiger partial charge on any atom is -0.508 e. The Labute approximate surface area is 152 Å². The van der Waals surface area contributed by atoms with Gasteiger partial charge in [-0.15, -0.1) is 0 Å². The molecule has 2 unspecified atom stereocenters. The number of aryl methyl sites for hydroxylation is 1. The molecule has 1 heterocycles. The van der Waals surface area contributed by atoms with Crippen molar-refractivity contribution in [2.24, 2.45) is 5.92 Å². The molecule has 2 aromatic carbocycles. The van der Waals surface area contributed by atoms with Crippen LogP contribution in [0.2, 0.25) is 0 Å².